The predicted octanol–water partition coefficient (Wildman–Crippen LogP) is 0.846. The van der Waals surface area contributed by atoms with Gasteiger partial charge in [-0.15, -0.1) is 0 Å². The minimum Gasteiger partial charge on any atom is -0.383 e. The van der Waals surface area contributed by atoms with Crippen LogP contribution in [0.3, 0.4) is 0 Å². The third-order valence-corrected chi connectivity index (χ3v) is 3.37. The van der Waals surface area contributed by atoms with Crippen molar-refractivity contribution in [3.05, 3.63) is 22.2 Å². The molecule has 0 aliphatic carbocycles. The third-order valence-electron chi connectivity index (χ3n) is 3.37. The van der Waals surface area contributed by atoms with E-state index in [1.54, 1.807) is 13.3 Å². The van der Waals surface area contributed by atoms with Gasteiger partial charge in [0.2, 0.25) is 0 Å². The summed E-state index contributed by atoms with van der Waals surface area (Å²) in [5.41, 5.74) is 6.00. The maximum atomic E-state index is 11.8. The van der Waals surface area contributed by atoms with Gasteiger partial charge in [-0.2, -0.15) is 4.98 Å². The third kappa shape index (κ3) is 2.26. The maximum absolute atomic E-state index is 11.8. The maximum Gasteiger partial charge on any atom is 0.351 e. The molecule has 1 aliphatic rings. The molecule has 1 saturated heterocycles. The fourth-order valence-corrected chi connectivity index (χ4v) is 2.27. The van der Waals surface area contributed by atoms with Crippen LogP contribution < -0.4 is 11.4 Å². The molecule has 2 rings (SSSR count). The van der Waals surface area contributed by atoms with Gasteiger partial charge in [-0.05, 0) is 13.3 Å². The zero-order valence-corrected chi connectivity index (χ0v) is 10.9. The Bertz CT molecular complexity index is 474. The SMILES string of the molecule is CCC1OC(n2cc(C)c(N)nc2=O)CC1OC. The normalized spacial score (nSPS) is 27.6. The van der Waals surface area contributed by atoms with Crippen LogP contribution in [0, 0.1) is 6.92 Å². The Morgan fingerprint density at radius 1 is 1.67 bits per heavy atom. The molecule has 0 amide bonds. The van der Waals surface area contributed by atoms with Gasteiger partial charge in [-0.1, -0.05) is 6.92 Å². The van der Waals surface area contributed by atoms with Gasteiger partial charge >= 0.3 is 5.69 Å². The van der Waals surface area contributed by atoms with Crippen LogP contribution in [0.1, 0.15) is 31.6 Å². The van der Waals surface area contributed by atoms with Crippen molar-refractivity contribution in [3.63, 3.8) is 0 Å². The highest BCUT2D eigenvalue weighted by Gasteiger charge is 2.35. The molecule has 0 saturated carbocycles. The smallest absolute Gasteiger partial charge is 0.351 e. The van der Waals surface area contributed by atoms with Crippen molar-refractivity contribution in [2.24, 2.45) is 0 Å². The minimum atomic E-state index is -0.380. The molecule has 1 aromatic heterocycles. The molecule has 0 spiro atoms. The Balaban J connectivity index is 2.28. The number of nitrogen functional groups attached to an aromatic ring is 1. The molecule has 0 radical (unpaired) electrons. The molecule has 18 heavy (non-hydrogen) atoms. The molecule has 1 aromatic rings. The molecule has 1 fully saturated rings. The monoisotopic (exact) mass is 253 g/mol. The first-order chi connectivity index (χ1) is 8.56. The molecule has 0 aromatic carbocycles. The summed E-state index contributed by atoms with van der Waals surface area (Å²) in [6, 6.07) is 0. The largest absolute Gasteiger partial charge is 0.383 e. The summed E-state index contributed by atoms with van der Waals surface area (Å²) in [5.74, 6) is 0.268. The van der Waals surface area contributed by atoms with Gasteiger partial charge in [0.1, 0.15) is 12.0 Å². The summed E-state index contributed by atoms with van der Waals surface area (Å²) in [4.78, 5) is 15.6. The molecule has 6 nitrogen and oxygen atoms in total. The molecular weight excluding hydrogens is 234 g/mol. The van der Waals surface area contributed by atoms with Crippen LogP contribution in [0.5, 0.6) is 0 Å². The standard InChI is InChI=1S/C12H19N3O3/c1-4-8-9(17-3)5-10(18-8)15-6-7(2)11(13)14-12(15)16/h6,8-10H,4-5H2,1-3H3,(H2,13,14,16). The van der Waals surface area contributed by atoms with Gasteiger partial charge in [-0.3, -0.25) is 4.57 Å². The van der Waals surface area contributed by atoms with Gasteiger partial charge in [0, 0.05) is 25.3 Å². The van der Waals surface area contributed by atoms with Crippen LogP contribution in [0.2, 0.25) is 0 Å². The lowest BCUT2D eigenvalue weighted by atomic mass is 10.1. The van der Waals surface area contributed by atoms with E-state index in [2.05, 4.69) is 4.98 Å². The second-order valence-electron chi connectivity index (χ2n) is 4.55. The Morgan fingerprint density at radius 3 is 2.94 bits per heavy atom. The van der Waals surface area contributed by atoms with E-state index >= 15 is 0 Å². The van der Waals surface area contributed by atoms with Crippen LogP contribution in [0.25, 0.3) is 0 Å². The summed E-state index contributed by atoms with van der Waals surface area (Å²) in [6.07, 6.45) is 2.92. The number of rotatable bonds is 3. The van der Waals surface area contributed by atoms with E-state index in [0.29, 0.717) is 6.42 Å². The van der Waals surface area contributed by atoms with Crippen LogP contribution in [0.15, 0.2) is 11.0 Å². The lowest BCUT2D eigenvalue weighted by Gasteiger charge is -2.15. The van der Waals surface area contributed by atoms with Crippen molar-refractivity contribution in [2.75, 3.05) is 12.8 Å². The van der Waals surface area contributed by atoms with Crippen molar-refractivity contribution in [1.82, 2.24) is 9.55 Å². The summed E-state index contributed by atoms with van der Waals surface area (Å²) < 4.78 is 12.7. The van der Waals surface area contributed by atoms with E-state index in [0.717, 1.165) is 12.0 Å². The van der Waals surface area contributed by atoms with Crippen LogP contribution in [-0.2, 0) is 9.47 Å². The molecule has 6 heteroatoms. The lowest BCUT2D eigenvalue weighted by molar-refractivity contribution is -0.0301. The van der Waals surface area contributed by atoms with Crippen molar-refractivity contribution in [2.45, 2.75) is 45.1 Å². The molecule has 3 unspecified atom stereocenters. The molecule has 3 atom stereocenters. The average Bonchev–Trinajstić information content (AvgIpc) is 2.76. The van der Waals surface area contributed by atoms with Gasteiger partial charge in [-0.25, -0.2) is 4.79 Å². The number of aryl methyl sites for hydroxylation is 1. The lowest BCUT2D eigenvalue weighted by Crippen LogP contribution is -2.28. The van der Waals surface area contributed by atoms with Gasteiger partial charge in [0.15, 0.2) is 0 Å². The van der Waals surface area contributed by atoms with Crippen LogP contribution in [0.4, 0.5) is 5.82 Å². The topological polar surface area (TPSA) is 79.4 Å². The zero-order valence-electron chi connectivity index (χ0n) is 10.9. The van der Waals surface area contributed by atoms with Crippen LogP contribution in [-0.4, -0.2) is 28.9 Å². The van der Waals surface area contributed by atoms with Crippen molar-refractivity contribution in [1.29, 1.82) is 0 Å². The van der Waals surface area contributed by atoms with Crippen LogP contribution >= 0.6 is 0 Å². The van der Waals surface area contributed by atoms with E-state index in [1.807, 2.05) is 13.8 Å². The number of anilines is 1. The highest BCUT2D eigenvalue weighted by molar-refractivity contribution is 5.35. The Kier molecular flexibility index (Phi) is 3.68. The first kappa shape index (κ1) is 13.0. The summed E-state index contributed by atoms with van der Waals surface area (Å²) in [6.45, 7) is 3.85. The Hall–Kier alpha value is -1.40. The van der Waals surface area contributed by atoms with Crippen molar-refractivity contribution >= 4 is 5.82 Å². The number of ether oxygens (including phenoxy) is 2. The van der Waals surface area contributed by atoms with E-state index in [9.17, 15) is 4.79 Å². The highest BCUT2D eigenvalue weighted by atomic mass is 16.6. The zero-order chi connectivity index (χ0) is 13.3. The van der Waals surface area contributed by atoms with E-state index in [-0.39, 0.29) is 29.9 Å². The quantitative estimate of drug-likeness (QED) is 0.863. The molecule has 2 N–H and O–H groups in total. The predicted molar refractivity (Wildman–Crippen MR) is 67.3 cm³/mol. The molecule has 2 heterocycles. The molecule has 0 bridgehead atoms. The number of hydrogen-bond donors (Lipinski definition) is 1. The van der Waals surface area contributed by atoms with Gasteiger partial charge < -0.3 is 15.2 Å². The Morgan fingerprint density at radius 2 is 2.39 bits per heavy atom. The number of methoxy groups -OCH3 is 1. The Labute approximate surface area is 106 Å². The van der Waals surface area contributed by atoms with Crippen molar-refractivity contribution < 1.29 is 9.47 Å². The molecular formula is C12H19N3O3. The number of nitrogens with zero attached hydrogens (tertiary/aromatic N) is 2. The number of nitrogens with two attached hydrogens (primary N) is 1. The highest BCUT2D eigenvalue weighted by Crippen LogP contribution is 2.31. The van der Waals surface area contributed by atoms with Gasteiger partial charge in [0.25, 0.3) is 0 Å². The van der Waals surface area contributed by atoms with E-state index in [4.69, 9.17) is 15.2 Å². The van der Waals surface area contributed by atoms with E-state index in [1.165, 1.54) is 4.57 Å². The van der Waals surface area contributed by atoms with E-state index < -0.39 is 0 Å². The molecule has 100 valence electrons. The minimum absolute atomic E-state index is 0.0183. The first-order valence-electron chi connectivity index (χ1n) is 6.10. The fraction of sp³-hybridized carbons (Fsp3) is 0.667. The number of hydrogen-bond acceptors (Lipinski definition) is 5. The second-order valence-corrected chi connectivity index (χ2v) is 4.55. The fourth-order valence-electron chi connectivity index (χ4n) is 2.27. The summed E-state index contributed by atoms with van der Waals surface area (Å²) >= 11 is 0. The summed E-state index contributed by atoms with van der Waals surface area (Å²) in [5, 5.41) is 0. The van der Waals surface area contributed by atoms with Crippen molar-refractivity contribution in [3.8, 4) is 0 Å². The first-order valence-corrected chi connectivity index (χ1v) is 6.10. The molecule has 1 aliphatic heterocycles. The number of aromatic nitrogens is 2. The summed E-state index contributed by atoms with van der Waals surface area (Å²) in [7, 11) is 1.66. The average molecular weight is 253 g/mol. The van der Waals surface area contributed by atoms with Gasteiger partial charge in [0.05, 0.1) is 12.2 Å². The second kappa shape index (κ2) is 5.07.